The summed E-state index contributed by atoms with van der Waals surface area (Å²) in [4.78, 5) is 19.7. The minimum absolute atomic E-state index is 0. The van der Waals surface area contributed by atoms with Crippen LogP contribution in [0.15, 0.2) is 29.3 Å². The number of piperidine rings is 1. The van der Waals surface area contributed by atoms with E-state index in [1.54, 1.807) is 0 Å². The molecule has 0 spiro atoms. The second-order valence-corrected chi connectivity index (χ2v) is 9.40. The molecule has 0 atom stereocenters. The van der Waals surface area contributed by atoms with Crippen molar-refractivity contribution >= 4 is 35.8 Å². The normalized spacial score (nSPS) is 15.8. The number of carbonyl (C=O) groups excluding carboxylic acids is 1. The zero-order chi connectivity index (χ0) is 22.0. The Morgan fingerprint density at radius 1 is 1.19 bits per heavy atom. The second-order valence-electron chi connectivity index (χ2n) is 9.40. The summed E-state index contributed by atoms with van der Waals surface area (Å²) in [6.07, 6.45) is 3.76. The van der Waals surface area contributed by atoms with Crippen molar-refractivity contribution in [3.8, 4) is 0 Å². The summed E-state index contributed by atoms with van der Waals surface area (Å²) < 4.78 is 0. The van der Waals surface area contributed by atoms with Crippen molar-refractivity contribution in [2.24, 2.45) is 10.9 Å². The van der Waals surface area contributed by atoms with E-state index in [9.17, 15) is 4.79 Å². The number of rotatable bonds is 8. The minimum Gasteiger partial charge on any atom is -0.357 e. The molecule has 1 aromatic carbocycles. The fourth-order valence-corrected chi connectivity index (χ4v) is 3.53. The Labute approximate surface area is 206 Å². The van der Waals surface area contributed by atoms with Crippen molar-refractivity contribution in [3.63, 3.8) is 0 Å². The van der Waals surface area contributed by atoms with Crippen molar-refractivity contribution in [3.05, 3.63) is 35.4 Å². The van der Waals surface area contributed by atoms with Crippen LogP contribution < -0.4 is 16.0 Å². The maximum atomic E-state index is 12.4. The van der Waals surface area contributed by atoms with Gasteiger partial charge in [-0.05, 0) is 90.2 Å². The SMILES string of the molecule is CCNC(=NCc1cccc(C(=O)NC(C)(C)C)c1)NCCCN1CCC(C)CC1.I. The number of likely N-dealkylation sites (tertiary alicyclic amines) is 1. The maximum Gasteiger partial charge on any atom is 0.251 e. The van der Waals surface area contributed by atoms with Crippen LogP contribution in [0.3, 0.4) is 0 Å². The van der Waals surface area contributed by atoms with Crippen LogP contribution in [0.5, 0.6) is 0 Å². The first-order valence-electron chi connectivity index (χ1n) is 11.4. The standard InChI is InChI=1S/C24H41N5O.HI/c1-6-25-23(26-13-8-14-29-15-11-19(2)12-16-29)27-18-20-9-7-10-21(17-20)22(30)28-24(3,4)5;/h7,9-10,17,19H,6,8,11-16,18H2,1-5H3,(H,28,30)(H2,25,26,27);1H. The smallest absolute Gasteiger partial charge is 0.251 e. The number of carbonyl (C=O) groups is 1. The fraction of sp³-hybridized carbons (Fsp3) is 0.667. The van der Waals surface area contributed by atoms with Crippen LogP contribution in [-0.2, 0) is 6.54 Å². The molecule has 31 heavy (non-hydrogen) atoms. The monoisotopic (exact) mass is 543 g/mol. The first kappa shape index (κ1) is 27.7. The Hall–Kier alpha value is -1.35. The molecule has 0 aliphatic carbocycles. The summed E-state index contributed by atoms with van der Waals surface area (Å²) in [6.45, 7) is 16.3. The van der Waals surface area contributed by atoms with E-state index < -0.39 is 0 Å². The Bertz CT molecular complexity index is 693. The molecule has 1 saturated heterocycles. The van der Waals surface area contributed by atoms with E-state index >= 15 is 0 Å². The number of aliphatic imine (C=N–C) groups is 1. The van der Waals surface area contributed by atoms with Crippen LogP contribution in [0.4, 0.5) is 0 Å². The summed E-state index contributed by atoms with van der Waals surface area (Å²) in [5, 5.41) is 9.76. The molecule has 176 valence electrons. The predicted molar refractivity (Wildman–Crippen MR) is 141 cm³/mol. The quantitative estimate of drug-likeness (QED) is 0.201. The Morgan fingerprint density at radius 2 is 1.90 bits per heavy atom. The molecule has 0 radical (unpaired) electrons. The number of nitrogens with zero attached hydrogens (tertiary/aromatic N) is 2. The first-order chi connectivity index (χ1) is 14.3. The summed E-state index contributed by atoms with van der Waals surface area (Å²) >= 11 is 0. The van der Waals surface area contributed by atoms with E-state index in [2.05, 4.69) is 34.7 Å². The van der Waals surface area contributed by atoms with Gasteiger partial charge in [0.15, 0.2) is 5.96 Å². The Kier molecular flexibility index (Phi) is 12.4. The molecule has 1 aromatic rings. The molecule has 6 nitrogen and oxygen atoms in total. The van der Waals surface area contributed by atoms with E-state index in [4.69, 9.17) is 4.99 Å². The first-order valence-corrected chi connectivity index (χ1v) is 11.4. The topological polar surface area (TPSA) is 68.8 Å². The third-order valence-electron chi connectivity index (χ3n) is 5.26. The van der Waals surface area contributed by atoms with Crippen molar-refractivity contribution in [2.75, 3.05) is 32.7 Å². The van der Waals surface area contributed by atoms with Gasteiger partial charge in [-0.2, -0.15) is 0 Å². The van der Waals surface area contributed by atoms with Crippen LogP contribution in [0, 0.1) is 5.92 Å². The van der Waals surface area contributed by atoms with Gasteiger partial charge in [0.05, 0.1) is 6.54 Å². The molecule has 1 fully saturated rings. The fourth-order valence-electron chi connectivity index (χ4n) is 3.53. The highest BCUT2D eigenvalue weighted by atomic mass is 127. The third-order valence-corrected chi connectivity index (χ3v) is 5.26. The van der Waals surface area contributed by atoms with E-state index in [0.717, 1.165) is 43.5 Å². The van der Waals surface area contributed by atoms with Crippen molar-refractivity contribution in [1.82, 2.24) is 20.9 Å². The minimum atomic E-state index is -0.250. The summed E-state index contributed by atoms with van der Waals surface area (Å²) in [6, 6.07) is 7.70. The highest BCUT2D eigenvalue weighted by molar-refractivity contribution is 14.0. The lowest BCUT2D eigenvalue weighted by Gasteiger charge is -2.30. The predicted octanol–water partition coefficient (Wildman–Crippen LogP) is 4.01. The molecular weight excluding hydrogens is 501 g/mol. The number of nitrogens with one attached hydrogen (secondary N) is 3. The second kappa shape index (κ2) is 13.9. The lowest BCUT2D eigenvalue weighted by molar-refractivity contribution is 0.0919. The van der Waals surface area contributed by atoms with Crippen molar-refractivity contribution in [2.45, 2.75) is 66.0 Å². The van der Waals surface area contributed by atoms with E-state index in [1.165, 1.54) is 25.9 Å². The van der Waals surface area contributed by atoms with Crippen LogP contribution in [-0.4, -0.2) is 55.0 Å². The van der Waals surface area contributed by atoms with Crippen LogP contribution in [0.1, 0.15) is 69.8 Å². The highest BCUT2D eigenvalue weighted by Crippen LogP contribution is 2.15. The molecular formula is C24H42IN5O. The van der Waals surface area contributed by atoms with Gasteiger partial charge in [0, 0.05) is 24.2 Å². The number of amides is 1. The number of hydrogen-bond donors (Lipinski definition) is 3. The zero-order valence-electron chi connectivity index (χ0n) is 20.0. The average molecular weight is 544 g/mol. The van der Waals surface area contributed by atoms with Crippen LogP contribution >= 0.6 is 24.0 Å². The summed E-state index contributed by atoms with van der Waals surface area (Å²) in [5.41, 5.74) is 1.45. The lowest BCUT2D eigenvalue weighted by Crippen LogP contribution is -2.40. The molecule has 1 aliphatic heterocycles. The number of benzene rings is 1. The largest absolute Gasteiger partial charge is 0.357 e. The molecule has 2 rings (SSSR count). The van der Waals surface area contributed by atoms with Gasteiger partial charge in [0.2, 0.25) is 0 Å². The van der Waals surface area contributed by atoms with Crippen molar-refractivity contribution < 1.29 is 4.79 Å². The number of guanidine groups is 1. The molecule has 1 aliphatic rings. The third kappa shape index (κ3) is 11.2. The molecule has 1 amide bonds. The molecule has 1 heterocycles. The maximum absolute atomic E-state index is 12.4. The number of hydrogen-bond acceptors (Lipinski definition) is 3. The van der Waals surface area contributed by atoms with Gasteiger partial charge in [-0.1, -0.05) is 19.1 Å². The highest BCUT2D eigenvalue weighted by Gasteiger charge is 2.16. The lowest BCUT2D eigenvalue weighted by atomic mass is 9.99. The number of halogens is 1. The summed E-state index contributed by atoms with van der Waals surface area (Å²) in [5.74, 6) is 1.66. The molecule has 0 aromatic heterocycles. The van der Waals surface area contributed by atoms with Crippen molar-refractivity contribution in [1.29, 1.82) is 0 Å². The molecule has 3 N–H and O–H groups in total. The Morgan fingerprint density at radius 3 is 2.55 bits per heavy atom. The van der Waals surface area contributed by atoms with E-state index in [0.29, 0.717) is 12.1 Å². The van der Waals surface area contributed by atoms with Crippen LogP contribution in [0.2, 0.25) is 0 Å². The van der Waals surface area contributed by atoms with Crippen LogP contribution in [0.25, 0.3) is 0 Å². The van der Waals surface area contributed by atoms with Gasteiger partial charge in [0.25, 0.3) is 5.91 Å². The molecule has 0 bridgehead atoms. The van der Waals surface area contributed by atoms with Gasteiger partial charge in [-0.25, -0.2) is 4.99 Å². The van der Waals surface area contributed by atoms with Gasteiger partial charge in [0.1, 0.15) is 0 Å². The van der Waals surface area contributed by atoms with E-state index in [1.807, 2.05) is 45.0 Å². The van der Waals surface area contributed by atoms with Gasteiger partial charge < -0.3 is 20.9 Å². The van der Waals surface area contributed by atoms with E-state index in [-0.39, 0.29) is 35.4 Å². The Balaban J connectivity index is 0.00000480. The van der Waals surface area contributed by atoms with Gasteiger partial charge in [-0.15, -0.1) is 24.0 Å². The molecule has 7 heteroatoms. The van der Waals surface area contributed by atoms with Gasteiger partial charge >= 0.3 is 0 Å². The van der Waals surface area contributed by atoms with Gasteiger partial charge in [-0.3, -0.25) is 4.79 Å². The zero-order valence-corrected chi connectivity index (χ0v) is 22.3. The molecule has 0 saturated carbocycles. The summed E-state index contributed by atoms with van der Waals surface area (Å²) in [7, 11) is 0. The average Bonchev–Trinajstić information content (AvgIpc) is 2.69. The molecule has 0 unspecified atom stereocenters.